The number of ether oxygens (including phenoxy) is 1. The van der Waals surface area contributed by atoms with Crippen molar-refractivity contribution in [2.75, 3.05) is 6.61 Å². The van der Waals surface area contributed by atoms with Crippen LogP contribution in [0.25, 0.3) is 22.1 Å². The Bertz CT molecular complexity index is 815. The van der Waals surface area contributed by atoms with E-state index in [2.05, 4.69) is 9.97 Å². The molecule has 0 atom stereocenters. The first kappa shape index (κ1) is 12.3. The number of nitrogens with zero attached hydrogens (tertiary/aromatic N) is 2. The maximum absolute atomic E-state index is 11.7. The van der Waals surface area contributed by atoms with Crippen LogP contribution in [-0.2, 0) is 4.74 Å². The number of benzene rings is 2. The molecule has 1 aromatic heterocycles. The van der Waals surface area contributed by atoms with Gasteiger partial charge in [0.15, 0.2) is 0 Å². The molecule has 100 valence electrons. The number of hydrogen-bond donors (Lipinski definition) is 1. The molecule has 0 fully saturated rings. The summed E-state index contributed by atoms with van der Waals surface area (Å²) in [4.78, 5) is 20.6. The van der Waals surface area contributed by atoms with E-state index in [1.54, 1.807) is 6.92 Å². The van der Waals surface area contributed by atoms with Crippen molar-refractivity contribution >= 4 is 28.0 Å². The fourth-order valence-corrected chi connectivity index (χ4v) is 2.03. The Morgan fingerprint density at radius 3 is 2.30 bits per heavy atom. The molecule has 1 N–H and O–H groups in total. The summed E-state index contributed by atoms with van der Waals surface area (Å²) in [5.41, 5.74) is 2.66. The minimum Gasteiger partial charge on any atom is -0.507 e. The summed E-state index contributed by atoms with van der Waals surface area (Å²) in [6, 6.07) is 10.4. The van der Waals surface area contributed by atoms with Gasteiger partial charge in [-0.05, 0) is 25.1 Å². The van der Waals surface area contributed by atoms with Crippen LogP contribution in [0.1, 0.15) is 17.3 Å². The molecule has 2 aromatic carbocycles. The molecule has 0 aliphatic rings. The molecular weight excluding hydrogens is 256 g/mol. The lowest BCUT2D eigenvalue weighted by molar-refractivity contribution is 0.0523. The SMILES string of the molecule is CCOC(=O)c1cc2nc3ccccc3nc2cc1O. The van der Waals surface area contributed by atoms with Crippen LogP contribution in [0.4, 0.5) is 0 Å². The van der Waals surface area contributed by atoms with Crippen LogP contribution in [0.2, 0.25) is 0 Å². The van der Waals surface area contributed by atoms with Crippen LogP contribution in [0, 0.1) is 0 Å². The molecule has 0 bridgehead atoms. The summed E-state index contributed by atoms with van der Waals surface area (Å²) in [7, 11) is 0. The van der Waals surface area contributed by atoms with E-state index in [-0.39, 0.29) is 17.9 Å². The number of phenols is 1. The number of hydrogen-bond acceptors (Lipinski definition) is 5. The van der Waals surface area contributed by atoms with Crippen molar-refractivity contribution in [2.45, 2.75) is 6.92 Å². The Morgan fingerprint density at radius 1 is 1.10 bits per heavy atom. The van der Waals surface area contributed by atoms with Gasteiger partial charge in [0.05, 0.1) is 28.7 Å². The number of rotatable bonds is 2. The summed E-state index contributed by atoms with van der Waals surface area (Å²) < 4.78 is 4.90. The summed E-state index contributed by atoms with van der Waals surface area (Å²) in [5, 5.41) is 9.91. The van der Waals surface area contributed by atoms with Crippen molar-refractivity contribution in [3.05, 3.63) is 42.0 Å². The van der Waals surface area contributed by atoms with Gasteiger partial charge in [0.2, 0.25) is 0 Å². The van der Waals surface area contributed by atoms with Gasteiger partial charge in [-0.15, -0.1) is 0 Å². The summed E-state index contributed by atoms with van der Waals surface area (Å²) in [5.74, 6) is -0.720. The highest BCUT2D eigenvalue weighted by molar-refractivity contribution is 5.98. The molecule has 20 heavy (non-hydrogen) atoms. The Hall–Kier alpha value is -2.69. The number of carbonyl (C=O) groups is 1. The topological polar surface area (TPSA) is 72.3 Å². The summed E-state index contributed by atoms with van der Waals surface area (Å²) in [6.45, 7) is 1.96. The third-order valence-corrected chi connectivity index (χ3v) is 2.95. The molecule has 5 heteroatoms. The average molecular weight is 268 g/mol. The largest absolute Gasteiger partial charge is 0.507 e. The minimum absolute atomic E-state index is 0.101. The molecule has 3 aromatic rings. The molecule has 0 aliphatic carbocycles. The fraction of sp³-hybridized carbons (Fsp3) is 0.133. The van der Waals surface area contributed by atoms with Crippen LogP contribution in [0.3, 0.4) is 0 Å². The molecule has 0 aliphatic heterocycles. The van der Waals surface area contributed by atoms with E-state index >= 15 is 0 Å². The number of aromatic nitrogens is 2. The van der Waals surface area contributed by atoms with Gasteiger partial charge in [-0.1, -0.05) is 12.1 Å². The van der Waals surface area contributed by atoms with Gasteiger partial charge in [-0.2, -0.15) is 0 Å². The van der Waals surface area contributed by atoms with Gasteiger partial charge in [-0.25, -0.2) is 14.8 Å². The molecule has 3 rings (SSSR count). The van der Waals surface area contributed by atoms with Gasteiger partial charge in [0, 0.05) is 6.07 Å². The molecular formula is C15H12N2O3. The van der Waals surface area contributed by atoms with Crippen molar-refractivity contribution in [2.24, 2.45) is 0 Å². The quantitative estimate of drug-likeness (QED) is 0.571. The second kappa shape index (κ2) is 4.77. The Balaban J connectivity index is 2.23. The first-order valence-corrected chi connectivity index (χ1v) is 6.25. The van der Waals surface area contributed by atoms with Crippen molar-refractivity contribution in [3.63, 3.8) is 0 Å². The van der Waals surface area contributed by atoms with Crippen molar-refractivity contribution < 1.29 is 14.6 Å². The van der Waals surface area contributed by atoms with E-state index in [9.17, 15) is 9.90 Å². The molecule has 0 amide bonds. The first-order valence-electron chi connectivity index (χ1n) is 6.25. The van der Waals surface area contributed by atoms with E-state index < -0.39 is 5.97 Å². The smallest absolute Gasteiger partial charge is 0.341 e. The number of carbonyl (C=O) groups excluding carboxylic acids is 1. The highest BCUT2D eigenvalue weighted by atomic mass is 16.5. The van der Waals surface area contributed by atoms with E-state index in [1.165, 1.54) is 12.1 Å². The van der Waals surface area contributed by atoms with Crippen molar-refractivity contribution in [3.8, 4) is 5.75 Å². The number of esters is 1. The van der Waals surface area contributed by atoms with Crippen LogP contribution in [0.15, 0.2) is 36.4 Å². The van der Waals surface area contributed by atoms with Crippen LogP contribution in [0.5, 0.6) is 5.75 Å². The molecule has 0 spiro atoms. The molecule has 0 unspecified atom stereocenters. The van der Waals surface area contributed by atoms with Crippen LogP contribution >= 0.6 is 0 Å². The average Bonchev–Trinajstić information content (AvgIpc) is 2.44. The maximum atomic E-state index is 11.7. The molecule has 0 saturated heterocycles. The third-order valence-electron chi connectivity index (χ3n) is 2.95. The monoisotopic (exact) mass is 268 g/mol. The van der Waals surface area contributed by atoms with Gasteiger partial charge in [0.25, 0.3) is 0 Å². The molecule has 0 saturated carbocycles. The maximum Gasteiger partial charge on any atom is 0.341 e. The number of para-hydroxylation sites is 2. The van der Waals surface area contributed by atoms with E-state index in [1.807, 2.05) is 24.3 Å². The highest BCUT2D eigenvalue weighted by Crippen LogP contribution is 2.25. The van der Waals surface area contributed by atoms with Gasteiger partial charge in [-0.3, -0.25) is 0 Å². The van der Waals surface area contributed by atoms with Gasteiger partial charge >= 0.3 is 5.97 Å². The molecule has 1 heterocycles. The lowest BCUT2D eigenvalue weighted by Crippen LogP contribution is -2.05. The lowest BCUT2D eigenvalue weighted by Gasteiger charge is -2.06. The number of aromatic hydroxyl groups is 1. The van der Waals surface area contributed by atoms with Crippen LogP contribution in [-0.4, -0.2) is 27.7 Å². The van der Waals surface area contributed by atoms with Crippen molar-refractivity contribution in [1.82, 2.24) is 9.97 Å². The normalized spacial score (nSPS) is 10.8. The van der Waals surface area contributed by atoms with Gasteiger partial charge < -0.3 is 9.84 Å². The second-order valence-corrected chi connectivity index (χ2v) is 4.29. The Morgan fingerprint density at radius 2 is 1.70 bits per heavy atom. The second-order valence-electron chi connectivity index (χ2n) is 4.29. The zero-order chi connectivity index (χ0) is 14.1. The summed E-state index contributed by atoms with van der Waals surface area (Å²) in [6.07, 6.45) is 0. The van der Waals surface area contributed by atoms with E-state index in [0.717, 1.165) is 11.0 Å². The van der Waals surface area contributed by atoms with Crippen molar-refractivity contribution in [1.29, 1.82) is 0 Å². The number of fused-ring (bicyclic) bond motifs is 2. The fourth-order valence-electron chi connectivity index (χ4n) is 2.03. The zero-order valence-corrected chi connectivity index (χ0v) is 10.8. The van der Waals surface area contributed by atoms with E-state index in [4.69, 9.17) is 4.74 Å². The predicted molar refractivity (Wildman–Crippen MR) is 74.7 cm³/mol. The molecule has 0 radical (unpaired) electrons. The van der Waals surface area contributed by atoms with Gasteiger partial charge in [0.1, 0.15) is 11.3 Å². The predicted octanol–water partition coefficient (Wildman–Crippen LogP) is 2.67. The first-order chi connectivity index (χ1) is 9.69. The Labute approximate surface area is 114 Å². The minimum atomic E-state index is -0.568. The molecule has 5 nitrogen and oxygen atoms in total. The van der Waals surface area contributed by atoms with E-state index in [0.29, 0.717) is 11.0 Å². The third kappa shape index (κ3) is 2.03. The zero-order valence-electron chi connectivity index (χ0n) is 10.8. The summed E-state index contributed by atoms with van der Waals surface area (Å²) >= 11 is 0. The Kier molecular flexibility index (Phi) is 2.95. The highest BCUT2D eigenvalue weighted by Gasteiger charge is 2.15. The number of phenolic OH excluding ortho intramolecular Hbond substituents is 1. The van der Waals surface area contributed by atoms with Crippen LogP contribution < -0.4 is 0 Å². The standard InChI is InChI=1S/C15H12N2O3/c1-2-20-15(19)9-7-12-13(8-14(9)18)17-11-6-4-3-5-10(11)16-12/h3-8,18H,2H2,1H3. The lowest BCUT2D eigenvalue weighted by atomic mass is 10.1.